The molecule has 132 heavy (non-hydrogen) atoms. The van der Waals surface area contributed by atoms with Crippen LogP contribution in [0.1, 0.15) is 67.1 Å². The van der Waals surface area contributed by atoms with E-state index in [1.165, 1.54) is 0 Å². The predicted molar refractivity (Wildman–Crippen MR) is 519 cm³/mol. The molecule has 0 aromatic heterocycles. The molecule has 0 aliphatic carbocycles. The summed E-state index contributed by atoms with van der Waals surface area (Å²) < 4.78 is 3.76. The van der Waals surface area contributed by atoms with Crippen LogP contribution in [0.4, 0.5) is 91.0 Å². The average Bonchev–Trinajstić information content (AvgIpc) is 1.85. The van der Waals surface area contributed by atoms with E-state index in [0.717, 1.165) is 108 Å². The fourth-order valence-corrected chi connectivity index (χ4v) is 15.0. The Morgan fingerprint density at radius 3 is 0.939 bits per heavy atom. The number of nitrogens with zero attached hydrogens (tertiary/aromatic N) is 16. The number of phenolic OH excluding ortho intramolecular Hbond substituents is 2. The van der Waals surface area contributed by atoms with E-state index in [0.29, 0.717) is 115 Å². The predicted octanol–water partition coefficient (Wildman–Crippen LogP) is 11.9. The average molecular weight is 1780 g/mol. The first-order chi connectivity index (χ1) is 63.9. The Hall–Kier alpha value is -15.8. The number of nitrogens with two attached hydrogens (primary N) is 2. The van der Waals surface area contributed by atoms with Crippen LogP contribution in [0.3, 0.4) is 0 Å². The second kappa shape index (κ2) is 45.3. The standard InChI is InChI=1S/C50H58N14O3.C48H54N14O3/c1-51-38-13-17-40(18-14-38)53-41-21-23-43(24-22-41)55-57-49-61(5)31-33-63(49)29-7-27-59(3)47(66)36-9-11-37(12-10-36)48(67)60(4)28-8-30-64-34-32-62(6)50(64)58-56-45-26-25-44(35-46(45)65)54-42-19-15-39(52-2)16-20-42;1-57(25-5-27-61-31-29-59(3)47(61)55-53-41-21-19-40(20-22-41)51-38-15-11-36(49)12-16-38)45(64)34-7-9-35(10-8-34)46(65)58(2)26-6-28-62-32-30-60(4)48(62)56-54-43-24-23-42(33-44(43)63)52-39-17-13-37(50)14-18-39/h9-26,31-35,49H,7-8,27-30H2,1-6H3,(H4,51,52,53,54,55,56,57,65,66,67);7-24,29-33,47H,5-6,25-28H2,1-4H3,(H6,49,50,51,52,53,54,55,63,64,65)/p+6. The van der Waals surface area contributed by atoms with Gasteiger partial charge >= 0.3 is 11.9 Å². The molecule has 16 N–H and O–H groups in total. The van der Waals surface area contributed by atoms with Gasteiger partial charge in [0.15, 0.2) is 11.4 Å². The van der Waals surface area contributed by atoms with Gasteiger partial charge in [-0.25, -0.2) is 0 Å². The Bertz CT molecular complexity index is 5950. The lowest BCUT2D eigenvalue weighted by molar-refractivity contribution is -0.877. The molecule has 0 saturated carbocycles. The first kappa shape index (κ1) is 93.8. The molecule has 14 rings (SSSR count). The summed E-state index contributed by atoms with van der Waals surface area (Å²) in [7, 11) is 18.7. The summed E-state index contributed by atoms with van der Waals surface area (Å²) in [4.78, 5) is 68.6. The molecule has 0 fully saturated rings. The van der Waals surface area contributed by atoms with E-state index >= 15 is 0 Å². The number of benzene rings is 10. The molecule has 10 aromatic carbocycles. The van der Waals surface area contributed by atoms with Gasteiger partial charge in [-0.15, -0.1) is 20.5 Å². The lowest BCUT2D eigenvalue weighted by Crippen LogP contribution is -3.11. The van der Waals surface area contributed by atoms with Gasteiger partial charge < -0.3 is 83.0 Å². The number of phenols is 2. The lowest BCUT2D eigenvalue weighted by Gasteiger charge is -2.22. The van der Waals surface area contributed by atoms with Crippen molar-refractivity contribution >= 4 is 127 Å². The maximum atomic E-state index is 13.4. The van der Waals surface area contributed by atoms with Gasteiger partial charge in [0.1, 0.15) is 58.9 Å². The molecule has 0 saturated heterocycles. The maximum absolute atomic E-state index is 13.4. The highest BCUT2D eigenvalue weighted by molar-refractivity contribution is 5.99. The summed E-state index contributed by atoms with van der Waals surface area (Å²) in [5, 5.41) is 76.9. The molecule has 10 aromatic rings. The van der Waals surface area contributed by atoms with Crippen molar-refractivity contribution in [1.29, 1.82) is 0 Å². The van der Waals surface area contributed by atoms with Gasteiger partial charge in [-0.05, 0) is 229 Å². The first-order valence-electron chi connectivity index (χ1n) is 43.8. The van der Waals surface area contributed by atoms with Crippen LogP contribution in [-0.2, 0) is 0 Å². The number of hydrogen-bond donors (Lipinski definition) is 14. The molecule has 0 spiro atoms. The molecule has 4 amide bonds. The smallest absolute Gasteiger partial charge is 0.505 e. The molecule has 4 heterocycles. The number of nitrogen functional groups attached to an aromatic ring is 2. The maximum Gasteiger partial charge on any atom is 0.524 e. The van der Waals surface area contributed by atoms with Crippen LogP contribution >= 0.6 is 0 Å². The van der Waals surface area contributed by atoms with E-state index in [-0.39, 0.29) is 47.7 Å². The fourth-order valence-electron chi connectivity index (χ4n) is 15.0. The van der Waals surface area contributed by atoms with Crippen molar-refractivity contribution in [1.82, 2.24) is 29.4 Å². The third-order valence-electron chi connectivity index (χ3n) is 22.7. The number of hydrogen-bond acceptors (Lipinski definition) is 24. The topological polar surface area (TPSA) is 375 Å². The van der Waals surface area contributed by atoms with Crippen molar-refractivity contribution in [3.8, 4) is 11.5 Å². The van der Waals surface area contributed by atoms with Crippen molar-refractivity contribution in [2.24, 2.45) is 40.9 Å². The van der Waals surface area contributed by atoms with E-state index in [9.17, 15) is 29.4 Å². The van der Waals surface area contributed by atoms with Crippen LogP contribution in [0, 0.1) is 0 Å². The molecule has 34 nitrogen and oxygen atoms in total. The van der Waals surface area contributed by atoms with Crippen LogP contribution in [0.2, 0.25) is 0 Å². The minimum absolute atomic E-state index is 0.00661. The second-order valence-electron chi connectivity index (χ2n) is 32.6. The Morgan fingerprint density at radius 1 is 0.364 bits per heavy atom. The molecule has 6 atom stereocenters. The summed E-state index contributed by atoms with van der Waals surface area (Å²) in [6.07, 6.45) is 18.5. The highest BCUT2D eigenvalue weighted by Crippen LogP contribution is 2.34. The van der Waals surface area contributed by atoms with Crippen LogP contribution in [0.15, 0.2) is 321 Å². The van der Waals surface area contributed by atoms with Gasteiger partial charge in [0.05, 0.1) is 64.0 Å². The van der Waals surface area contributed by atoms with E-state index in [1.807, 2.05) is 244 Å². The van der Waals surface area contributed by atoms with Crippen LogP contribution in [0.25, 0.3) is 0 Å². The van der Waals surface area contributed by atoms with Gasteiger partial charge in [0.25, 0.3) is 36.2 Å². The molecular formula is C98H118N28O6+6. The number of quaternary nitrogens is 4. The minimum atomic E-state index is -0.212. The summed E-state index contributed by atoms with van der Waals surface area (Å²) in [5.41, 5.74) is 26.3. The number of carbonyl (C=O) groups is 4. The minimum Gasteiger partial charge on any atom is -0.505 e. The molecule has 4 aliphatic heterocycles. The fraction of sp³-hybridized carbons (Fsp3) is 0.245. The summed E-state index contributed by atoms with van der Waals surface area (Å²) >= 11 is 0. The van der Waals surface area contributed by atoms with Crippen LogP contribution in [0.5, 0.6) is 11.5 Å². The van der Waals surface area contributed by atoms with E-state index < -0.39 is 0 Å². The summed E-state index contributed by atoms with van der Waals surface area (Å²) in [6.45, 7) is 5.01. The number of amides is 4. The van der Waals surface area contributed by atoms with Gasteiger partial charge in [0, 0.05) is 211 Å². The zero-order valence-corrected chi connectivity index (χ0v) is 76.0. The van der Waals surface area contributed by atoms with Gasteiger partial charge in [-0.1, -0.05) is 0 Å². The number of aromatic hydroxyl groups is 2. The van der Waals surface area contributed by atoms with Crippen molar-refractivity contribution < 1.29 is 58.1 Å². The molecule has 0 radical (unpaired) electrons. The zero-order chi connectivity index (χ0) is 93.2. The van der Waals surface area contributed by atoms with Gasteiger partial charge in [-0.3, -0.25) is 29.0 Å². The van der Waals surface area contributed by atoms with Gasteiger partial charge in [0.2, 0.25) is 0 Å². The quantitative estimate of drug-likeness (QED) is 0.00985. The van der Waals surface area contributed by atoms with Crippen molar-refractivity contribution in [2.45, 2.75) is 38.3 Å². The normalized spacial score (nSPS) is 16.7. The first-order valence-corrected chi connectivity index (χ1v) is 43.8. The third-order valence-corrected chi connectivity index (χ3v) is 22.7. The van der Waals surface area contributed by atoms with E-state index in [4.69, 9.17) is 11.5 Å². The Kier molecular flexibility index (Phi) is 32.2. The number of azo groups is 4. The van der Waals surface area contributed by atoms with Crippen LogP contribution < -0.4 is 63.0 Å². The summed E-state index contributed by atoms with van der Waals surface area (Å²) in [6, 6.07) is 70.5. The van der Waals surface area contributed by atoms with E-state index in [1.54, 1.807) is 133 Å². The highest BCUT2D eigenvalue weighted by Gasteiger charge is 2.35. The number of nitrogens with one attached hydrogen (secondary N) is 10. The number of anilines is 12. The second-order valence-corrected chi connectivity index (χ2v) is 32.6. The molecule has 4 aliphatic rings. The Labute approximate surface area is 769 Å². The number of rotatable bonds is 36. The molecular weight excluding hydrogens is 1670 g/mol. The molecule has 680 valence electrons. The largest absolute Gasteiger partial charge is 0.524 e. The van der Waals surface area contributed by atoms with Crippen molar-refractivity contribution in [3.05, 3.63) is 302 Å². The van der Waals surface area contributed by atoms with Gasteiger partial charge in [-0.2, -0.15) is 19.0 Å². The van der Waals surface area contributed by atoms with Crippen molar-refractivity contribution in [2.75, 3.05) is 166 Å². The third kappa shape index (κ3) is 25.8. The number of carbonyl (C=O) groups excluding carboxylic acids is 4. The Balaban J connectivity index is 0.000000225. The Morgan fingerprint density at radius 2 is 0.636 bits per heavy atom. The number of guanidine groups is 2. The monoisotopic (exact) mass is 1780 g/mol. The van der Waals surface area contributed by atoms with Crippen LogP contribution in [-0.4, -0.2) is 220 Å². The molecule has 34 heteroatoms. The van der Waals surface area contributed by atoms with E-state index in [2.05, 4.69) is 85.2 Å². The zero-order valence-electron chi connectivity index (χ0n) is 76.0. The lowest BCUT2D eigenvalue weighted by atomic mass is 10.1. The summed E-state index contributed by atoms with van der Waals surface area (Å²) in [5.74, 6) is 0.886. The molecule has 6 unspecified atom stereocenters. The van der Waals surface area contributed by atoms with Crippen molar-refractivity contribution in [3.63, 3.8) is 0 Å². The molecule has 0 bridgehead atoms. The highest BCUT2D eigenvalue weighted by atomic mass is 16.3. The SMILES string of the molecule is CN(CCC[NH+]1C=C[N+](C)=C1N=Nc1ccc(Nc2ccc(N)cc2)cc1O)C(=O)c1ccc(C(=O)N(C)CCC[NH+]2C=CN(C)C2N=Nc2ccc(Nc3ccc(N)cc3)cc2)cc1.CNc1ccc(Nc2ccc(N=NC3N(C)C=C[NH+]3CCCN(C)C(=O)c3ccc(C(=O)N(C)CCC[NH+]4C=C[N+](C)=C4N=Nc4ccc(Nc5ccc(NC)cc5)cc4O)cc3)cc2)cc1.